The van der Waals surface area contributed by atoms with Crippen molar-refractivity contribution in [2.24, 2.45) is 5.92 Å². The lowest BCUT2D eigenvalue weighted by atomic mass is 10.0. The molecule has 0 aromatic rings. The number of urea groups is 1. The molecule has 0 aromatic heterocycles. The first kappa shape index (κ1) is 16.3. The minimum absolute atomic E-state index is 0.0817. The highest BCUT2D eigenvalue weighted by Gasteiger charge is 2.36. The van der Waals surface area contributed by atoms with E-state index in [0.29, 0.717) is 0 Å². The van der Waals surface area contributed by atoms with Gasteiger partial charge in [0.25, 0.3) is 0 Å². The Hall–Kier alpha value is -1.73. The number of rotatable bonds is 3. The fourth-order valence-electron chi connectivity index (χ4n) is 1.85. The summed E-state index contributed by atoms with van der Waals surface area (Å²) in [6, 6.07) is -1.72. The summed E-state index contributed by atoms with van der Waals surface area (Å²) in [6.45, 7) is 3.01. The van der Waals surface area contributed by atoms with Gasteiger partial charge in [0.1, 0.15) is 6.04 Å². The van der Waals surface area contributed by atoms with Gasteiger partial charge in [0.05, 0.1) is 0 Å². The molecule has 1 aliphatic heterocycles. The number of alkyl halides is 3. The van der Waals surface area contributed by atoms with E-state index in [4.69, 9.17) is 5.11 Å². The molecule has 1 rings (SSSR count). The van der Waals surface area contributed by atoms with Crippen molar-refractivity contribution in [3.63, 3.8) is 0 Å². The van der Waals surface area contributed by atoms with E-state index in [1.807, 2.05) is 0 Å². The zero-order chi connectivity index (χ0) is 15.5. The van der Waals surface area contributed by atoms with Crippen molar-refractivity contribution in [1.29, 1.82) is 0 Å². The Balaban J connectivity index is 2.63. The molecule has 1 unspecified atom stereocenters. The second-order valence-corrected chi connectivity index (χ2v) is 4.93. The van der Waals surface area contributed by atoms with E-state index in [-0.39, 0.29) is 25.4 Å². The molecule has 2 N–H and O–H groups in total. The number of nitrogens with zero attached hydrogens (tertiary/aromatic N) is 1. The predicted octanol–water partition coefficient (Wildman–Crippen LogP) is 2.00. The van der Waals surface area contributed by atoms with Crippen LogP contribution in [-0.2, 0) is 4.79 Å². The third kappa shape index (κ3) is 4.14. The van der Waals surface area contributed by atoms with Crippen molar-refractivity contribution in [1.82, 2.24) is 10.2 Å². The summed E-state index contributed by atoms with van der Waals surface area (Å²) in [5.74, 6) is -1.49. The number of amides is 2. The lowest BCUT2D eigenvalue weighted by Gasteiger charge is -2.29. The van der Waals surface area contributed by atoms with Gasteiger partial charge in [-0.2, -0.15) is 13.2 Å². The van der Waals surface area contributed by atoms with E-state index in [0.717, 1.165) is 11.0 Å². The Morgan fingerprint density at radius 2 is 2.00 bits per heavy atom. The average Bonchev–Trinajstić information content (AvgIpc) is 2.34. The number of nitrogens with one attached hydrogen (secondary N) is 1. The van der Waals surface area contributed by atoms with E-state index in [1.54, 1.807) is 13.8 Å². The van der Waals surface area contributed by atoms with Crippen LogP contribution in [0.5, 0.6) is 0 Å². The SMILES string of the molecule is CC(C)C(NC(=O)N1CC=C(C(F)(F)F)CC1)C(=O)O. The van der Waals surface area contributed by atoms with Crippen molar-refractivity contribution in [2.75, 3.05) is 13.1 Å². The molecule has 0 saturated carbocycles. The van der Waals surface area contributed by atoms with Crippen LogP contribution in [0.25, 0.3) is 0 Å². The molecule has 1 heterocycles. The zero-order valence-corrected chi connectivity index (χ0v) is 11.2. The minimum Gasteiger partial charge on any atom is -0.480 e. The molecule has 0 fully saturated rings. The summed E-state index contributed by atoms with van der Waals surface area (Å²) in [6.07, 6.45) is -3.70. The molecule has 0 aliphatic carbocycles. The highest BCUT2D eigenvalue weighted by molar-refractivity contribution is 5.83. The van der Waals surface area contributed by atoms with Gasteiger partial charge in [0.15, 0.2) is 0 Å². The topological polar surface area (TPSA) is 69.6 Å². The average molecular weight is 294 g/mol. The van der Waals surface area contributed by atoms with Gasteiger partial charge in [0.2, 0.25) is 0 Å². The molecular formula is C12H17F3N2O3. The van der Waals surface area contributed by atoms with Crippen molar-refractivity contribution in [2.45, 2.75) is 32.5 Å². The fourth-order valence-corrected chi connectivity index (χ4v) is 1.85. The smallest absolute Gasteiger partial charge is 0.412 e. The van der Waals surface area contributed by atoms with Gasteiger partial charge in [0, 0.05) is 18.7 Å². The first-order chi connectivity index (χ1) is 9.12. The van der Waals surface area contributed by atoms with E-state index in [9.17, 15) is 22.8 Å². The number of carboxylic acid groups (broad SMARTS) is 1. The van der Waals surface area contributed by atoms with Crippen LogP contribution in [0.4, 0.5) is 18.0 Å². The number of hydrogen-bond donors (Lipinski definition) is 2. The number of carboxylic acids is 1. The van der Waals surface area contributed by atoms with Gasteiger partial charge >= 0.3 is 18.2 Å². The molecular weight excluding hydrogens is 277 g/mol. The van der Waals surface area contributed by atoms with E-state index >= 15 is 0 Å². The Bertz CT molecular complexity index is 419. The molecule has 114 valence electrons. The largest absolute Gasteiger partial charge is 0.480 e. The molecule has 20 heavy (non-hydrogen) atoms. The number of aliphatic carboxylic acids is 1. The molecule has 0 spiro atoms. The molecule has 0 bridgehead atoms. The van der Waals surface area contributed by atoms with Crippen molar-refractivity contribution < 1.29 is 27.9 Å². The summed E-state index contributed by atoms with van der Waals surface area (Å²) in [4.78, 5) is 23.9. The Morgan fingerprint density at radius 1 is 1.40 bits per heavy atom. The summed E-state index contributed by atoms with van der Waals surface area (Å²) in [7, 11) is 0. The summed E-state index contributed by atoms with van der Waals surface area (Å²) in [5, 5.41) is 11.3. The van der Waals surface area contributed by atoms with Crippen LogP contribution in [-0.4, -0.2) is 47.3 Å². The molecule has 2 amide bonds. The Kier molecular flexibility index (Phi) is 5.02. The second kappa shape index (κ2) is 6.15. The first-order valence-corrected chi connectivity index (χ1v) is 6.17. The molecule has 0 radical (unpaired) electrons. The van der Waals surface area contributed by atoms with Gasteiger partial charge < -0.3 is 15.3 Å². The van der Waals surface area contributed by atoms with Crippen LogP contribution in [0.2, 0.25) is 0 Å². The molecule has 0 saturated heterocycles. The normalized spacial score (nSPS) is 17.7. The molecule has 1 atom stereocenters. The minimum atomic E-state index is -4.37. The number of carbonyl (C=O) groups is 2. The van der Waals surface area contributed by atoms with Crippen molar-refractivity contribution in [3.05, 3.63) is 11.6 Å². The molecule has 1 aliphatic rings. The van der Waals surface area contributed by atoms with Gasteiger partial charge in [-0.25, -0.2) is 9.59 Å². The molecule has 8 heteroatoms. The van der Waals surface area contributed by atoms with Gasteiger partial charge in [-0.1, -0.05) is 19.9 Å². The maximum absolute atomic E-state index is 12.4. The maximum Gasteiger partial charge on any atom is 0.412 e. The number of hydrogen-bond acceptors (Lipinski definition) is 2. The maximum atomic E-state index is 12.4. The summed E-state index contributed by atoms with van der Waals surface area (Å²) < 4.78 is 37.3. The van der Waals surface area contributed by atoms with Crippen LogP contribution in [0.1, 0.15) is 20.3 Å². The quantitative estimate of drug-likeness (QED) is 0.782. The van der Waals surface area contributed by atoms with Crippen LogP contribution in [0, 0.1) is 5.92 Å². The molecule has 5 nitrogen and oxygen atoms in total. The first-order valence-electron chi connectivity index (χ1n) is 6.17. The lowest BCUT2D eigenvalue weighted by Crippen LogP contribution is -2.51. The second-order valence-electron chi connectivity index (χ2n) is 4.93. The van der Waals surface area contributed by atoms with Gasteiger partial charge in [-0.15, -0.1) is 0 Å². The Labute approximate surface area is 114 Å². The zero-order valence-electron chi connectivity index (χ0n) is 11.2. The van der Waals surface area contributed by atoms with E-state index < -0.39 is 29.8 Å². The Morgan fingerprint density at radius 3 is 2.35 bits per heavy atom. The van der Waals surface area contributed by atoms with Crippen LogP contribution in [0.3, 0.4) is 0 Å². The van der Waals surface area contributed by atoms with Gasteiger partial charge in [-0.3, -0.25) is 0 Å². The highest BCUT2D eigenvalue weighted by Crippen LogP contribution is 2.30. The summed E-state index contributed by atoms with van der Waals surface area (Å²) in [5.41, 5.74) is -0.653. The standard InChI is InChI=1S/C12H17F3N2O3/c1-7(2)9(10(18)19)16-11(20)17-5-3-8(4-6-17)12(13,14)15/h3,7,9H,4-6H2,1-2H3,(H,16,20)(H,18,19). The molecule has 0 aromatic carbocycles. The van der Waals surface area contributed by atoms with Gasteiger partial charge in [-0.05, 0) is 12.3 Å². The van der Waals surface area contributed by atoms with Crippen LogP contribution >= 0.6 is 0 Å². The predicted molar refractivity (Wildman–Crippen MR) is 65.1 cm³/mol. The highest BCUT2D eigenvalue weighted by atomic mass is 19.4. The van der Waals surface area contributed by atoms with Crippen molar-refractivity contribution in [3.8, 4) is 0 Å². The third-order valence-electron chi connectivity index (χ3n) is 3.07. The number of carbonyl (C=O) groups excluding carboxylic acids is 1. The van der Waals surface area contributed by atoms with Crippen LogP contribution in [0.15, 0.2) is 11.6 Å². The summed E-state index contributed by atoms with van der Waals surface area (Å²) >= 11 is 0. The fraction of sp³-hybridized carbons (Fsp3) is 0.667. The van der Waals surface area contributed by atoms with Crippen LogP contribution < -0.4 is 5.32 Å². The monoisotopic (exact) mass is 294 g/mol. The van der Waals surface area contributed by atoms with Crippen molar-refractivity contribution >= 4 is 12.0 Å². The van der Waals surface area contributed by atoms with E-state index in [2.05, 4.69) is 5.32 Å². The van der Waals surface area contributed by atoms with E-state index in [1.165, 1.54) is 0 Å². The number of halogens is 3. The lowest BCUT2D eigenvalue weighted by molar-refractivity contribution is -0.140. The third-order valence-corrected chi connectivity index (χ3v) is 3.07.